The predicted molar refractivity (Wildman–Crippen MR) is 74.3 cm³/mol. The molecule has 0 atom stereocenters. The molecule has 1 heterocycles. The van der Waals surface area contributed by atoms with Gasteiger partial charge in [-0.15, -0.1) is 0 Å². The van der Waals surface area contributed by atoms with Gasteiger partial charge in [0.05, 0.1) is 0 Å². The van der Waals surface area contributed by atoms with Crippen molar-refractivity contribution in [3.63, 3.8) is 0 Å². The van der Waals surface area contributed by atoms with Crippen molar-refractivity contribution in [1.29, 1.82) is 0 Å². The minimum absolute atomic E-state index is 0.463. The van der Waals surface area contributed by atoms with Gasteiger partial charge in [0.15, 0.2) is 0 Å². The van der Waals surface area contributed by atoms with Crippen LogP contribution in [0.3, 0.4) is 0 Å². The molecule has 1 N–H and O–H groups in total. The summed E-state index contributed by atoms with van der Waals surface area (Å²) in [6, 6.07) is 0. The van der Waals surface area contributed by atoms with Gasteiger partial charge in [-0.25, -0.2) is 0 Å². The SMILES string of the molecule is C/C=C/CCN1CCCNC2(CCCCC2)C1. The highest BCUT2D eigenvalue weighted by molar-refractivity contribution is 4.95. The maximum Gasteiger partial charge on any atom is 0.0308 e. The van der Waals surface area contributed by atoms with E-state index in [1.54, 1.807) is 0 Å². The van der Waals surface area contributed by atoms with E-state index in [9.17, 15) is 0 Å². The Bertz CT molecular complexity index is 241. The molecule has 1 saturated heterocycles. The Morgan fingerprint density at radius 2 is 2.00 bits per heavy atom. The number of rotatable bonds is 3. The molecule has 98 valence electrons. The first-order valence-electron chi connectivity index (χ1n) is 7.43. The van der Waals surface area contributed by atoms with Crippen LogP contribution >= 0.6 is 0 Å². The van der Waals surface area contributed by atoms with E-state index in [1.165, 1.54) is 71.1 Å². The van der Waals surface area contributed by atoms with Crippen LogP contribution in [0.4, 0.5) is 0 Å². The zero-order valence-corrected chi connectivity index (χ0v) is 11.4. The lowest BCUT2D eigenvalue weighted by Gasteiger charge is -2.40. The molecule has 2 aliphatic rings. The van der Waals surface area contributed by atoms with Crippen molar-refractivity contribution in [3.05, 3.63) is 12.2 Å². The van der Waals surface area contributed by atoms with Gasteiger partial charge in [-0.2, -0.15) is 0 Å². The van der Waals surface area contributed by atoms with Gasteiger partial charge in [0, 0.05) is 18.6 Å². The molecule has 17 heavy (non-hydrogen) atoms. The fourth-order valence-corrected chi connectivity index (χ4v) is 3.40. The summed E-state index contributed by atoms with van der Waals surface area (Å²) in [5, 5.41) is 3.86. The summed E-state index contributed by atoms with van der Waals surface area (Å²) in [7, 11) is 0. The summed E-state index contributed by atoms with van der Waals surface area (Å²) in [6.45, 7) is 7.15. The van der Waals surface area contributed by atoms with Crippen LogP contribution in [0.5, 0.6) is 0 Å². The Hall–Kier alpha value is -0.340. The van der Waals surface area contributed by atoms with E-state index in [1.807, 2.05) is 0 Å². The Morgan fingerprint density at radius 1 is 1.18 bits per heavy atom. The van der Waals surface area contributed by atoms with Crippen molar-refractivity contribution in [2.45, 2.75) is 57.4 Å². The molecule has 0 radical (unpaired) electrons. The summed E-state index contributed by atoms with van der Waals surface area (Å²) in [5.74, 6) is 0. The number of nitrogens with one attached hydrogen (secondary N) is 1. The van der Waals surface area contributed by atoms with Crippen LogP contribution in [0.25, 0.3) is 0 Å². The molecule has 0 aromatic heterocycles. The molecule has 0 amide bonds. The highest BCUT2D eigenvalue weighted by Crippen LogP contribution is 2.30. The van der Waals surface area contributed by atoms with Crippen LogP contribution < -0.4 is 5.32 Å². The second kappa shape index (κ2) is 6.55. The Labute approximate surface area is 106 Å². The van der Waals surface area contributed by atoms with Crippen molar-refractivity contribution in [3.8, 4) is 0 Å². The molecular weight excluding hydrogens is 208 g/mol. The van der Waals surface area contributed by atoms with E-state index in [0.717, 1.165) is 0 Å². The normalized spacial score (nSPS) is 26.4. The molecule has 2 nitrogen and oxygen atoms in total. The van der Waals surface area contributed by atoms with Gasteiger partial charge < -0.3 is 10.2 Å². The zero-order valence-electron chi connectivity index (χ0n) is 11.4. The summed E-state index contributed by atoms with van der Waals surface area (Å²) in [6.07, 6.45) is 14.1. The van der Waals surface area contributed by atoms with E-state index in [-0.39, 0.29) is 0 Å². The van der Waals surface area contributed by atoms with Crippen LogP contribution in [-0.4, -0.2) is 36.6 Å². The monoisotopic (exact) mass is 236 g/mol. The van der Waals surface area contributed by atoms with Gasteiger partial charge >= 0.3 is 0 Å². The van der Waals surface area contributed by atoms with E-state index < -0.39 is 0 Å². The molecule has 1 spiro atoms. The average Bonchev–Trinajstić information content (AvgIpc) is 2.54. The van der Waals surface area contributed by atoms with Crippen molar-refractivity contribution in [1.82, 2.24) is 10.2 Å². The number of allylic oxidation sites excluding steroid dienone is 1. The quantitative estimate of drug-likeness (QED) is 0.758. The second-order valence-electron chi connectivity index (χ2n) is 5.76. The van der Waals surface area contributed by atoms with E-state index >= 15 is 0 Å². The van der Waals surface area contributed by atoms with Gasteiger partial charge in [0.2, 0.25) is 0 Å². The van der Waals surface area contributed by atoms with E-state index in [4.69, 9.17) is 0 Å². The second-order valence-corrected chi connectivity index (χ2v) is 5.76. The third-order valence-corrected chi connectivity index (χ3v) is 4.34. The Kier molecular flexibility index (Phi) is 5.05. The molecule has 0 aromatic carbocycles. The van der Waals surface area contributed by atoms with Gasteiger partial charge in [-0.05, 0) is 45.7 Å². The minimum atomic E-state index is 0.463. The zero-order chi connectivity index (χ0) is 12.0. The Morgan fingerprint density at radius 3 is 2.76 bits per heavy atom. The van der Waals surface area contributed by atoms with Gasteiger partial charge in [0.1, 0.15) is 0 Å². The summed E-state index contributed by atoms with van der Waals surface area (Å²) < 4.78 is 0. The van der Waals surface area contributed by atoms with Crippen LogP contribution in [0, 0.1) is 0 Å². The van der Waals surface area contributed by atoms with Crippen LogP contribution in [-0.2, 0) is 0 Å². The van der Waals surface area contributed by atoms with Crippen molar-refractivity contribution in [2.75, 3.05) is 26.2 Å². The standard InChI is InChI=1S/C15H28N2/c1-2-3-7-12-17-13-8-11-16-15(14-17)9-5-4-6-10-15/h2-3,16H,4-14H2,1H3/b3-2+. The molecule has 1 saturated carbocycles. The van der Waals surface area contributed by atoms with Crippen LogP contribution in [0.1, 0.15) is 51.9 Å². The lowest BCUT2D eigenvalue weighted by molar-refractivity contribution is 0.166. The van der Waals surface area contributed by atoms with E-state index in [2.05, 4.69) is 29.3 Å². The number of hydrogen-bond donors (Lipinski definition) is 1. The first-order chi connectivity index (χ1) is 8.35. The largest absolute Gasteiger partial charge is 0.310 e. The molecule has 1 aliphatic carbocycles. The van der Waals surface area contributed by atoms with Crippen LogP contribution in [0.15, 0.2) is 12.2 Å². The van der Waals surface area contributed by atoms with Gasteiger partial charge in [0.25, 0.3) is 0 Å². The fourth-order valence-electron chi connectivity index (χ4n) is 3.40. The number of hydrogen-bond acceptors (Lipinski definition) is 2. The molecule has 2 heteroatoms. The highest BCUT2D eigenvalue weighted by Gasteiger charge is 2.34. The first-order valence-corrected chi connectivity index (χ1v) is 7.43. The predicted octanol–water partition coefficient (Wildman–Crippen LogP) is 2.95. The first kappa shape index (κ1) is 13.1. The summed E-state index contributed by atoms with van der Waals surface area (Å²) in [4.78, 5) is 2.69. The molecular formula is C15H28N2. The lowest BCUT2D eigenvalue weighted by atomic mass is 9.81. The smallest absolute Gasteiger partial charge is 0.0308 e. The molecule has 2 fully saturated rings. The topological polar surface area (TPSA) is 15.3 Å². The average molecular weight is 236 g/mol. The third-order valence-electron chi connectivity index (χ3n) is 4.34. The molecule has 0 bridgehead atoms. The van der Waals surface area contributed by atoms with Crippen LogP contribution in [0.2, 0.25) is 0 Å². The molecule has 1 aliphatic heterocycles. The molecule has 0 aromatic rings. The minimum Gasteiger partial charge on any atom is -0.310 e. The van der Waals surface area contributed by atoms with Gasteiger partial charge in [-0.3, -0.25) is 0 Å². The summed E-state index contributed by atoms with van der Waals surface area (Å²) in [5.41, 5.74) is 0.463. The lowest BCUT2D eigenvalue weighted by Crippen LogP contribution is -2.52. The van der Waals surface area contributed by atoms with Crippen molar-refractivity contribution in [2.24, 2.45) is 0 Å². The molecule has 0 unspecified atom stereocenters. The maximum absolute atomic E-state index is 3.86. The molecule has 2 rings (SSSR count). The Balaban J connectivity index is 1.89. The van der Waals surface area contributed by atoms with Gasteiger partial charge in [-0.1, -0.05) is 31.4 Å². The summed E-state index contributed by atoms with van der Waals surface area (Å²) >= 11 is 0. The van der Waals surface area contributed by atoms with Crippen molar-refractivity contribution < 1.29 is 0 Å². The maximum atomic E-state index is 3.86. The highest BCUT2D eigenvalue weighted by atomic mass is 15.2. The fraction of sp³-hybridized carbons (Fsp3) is 0.867. The third kappa shape index (κ3) is 3.82. The van der Waals surface area contributed by atoms with Crippen molar-refractivity contribution >= 4 is 0 Å². The van der Waals surface area contributed by atoms with E-state index in [0.29, 0.717) is 5.54 Å². The number of nitrogens with zero attached hydrogens (tertiary/aromatic N) is 1.